The van der Waals surface area contributed by atoms with Gasteiger partial charge < -0.3 is 5.11 Å². The fourth-order valence-corrected chi connectivity index (χ4v) is 7.74. The first-order valence-corrected chi connectivity index (χ1v) is 19.4. The molecule has 0 unspecified atom stereocenters. The quantitative estimate of drug-likeness (QED) is 0.0921. The molecule has 2 heterocycles. The predicted molar refractivity (Wildman–Crippen MR) is 153 cm³/mol. The summed E-state index contributed by atoms with van der Waals surface area (Å²) in [6, 6.07) is 31.1. The number of carbonyl (C=O) groups excluding carboxylic acids is 1. The number of nitrogens with zero attached hydrogens (tertiary/aromatic N) is 2. The summed E-state index contributed by atoms with van der Waals surface area (Å²) < 4.78 is 3.95. The van der Waals surface area contributed by atoms with Crippen molar-refractivity contribution >= 4 is 45.3 Å². The molecule has 1 N–H and O–H groups in total. The number of hydrogen-bond acceptors (Lipinski definition) is 3. The third-order valence-corrected chi connectivity index (χ3v) is 10.1. The fraction of sp³-hybridized carbons (Fsp3) is 0.161. The normalized spacial score (nSPS) is 11.5. The average molecular weight is 728 g/mol. The molecule has 0 aliphatic rings. The Balaban J connectivity index is 0.000000422. The van der Waals surface area contributed by atoms with E-state index in [-0.39, 0.29) is 31.6 Å². The molecular weight excluding hydrogens is 697 g/mol. The third kappa shape index (κ3) is 6.30. The number of para-hydroxylation sites is 2. The molecule has 37 heavy (non-hydrogen) atoms. The van der Waals surface area contributed by atoms with Crippen molar-refractivity contribution < 1.29 is 30.0 Å². The molecule has 0 aliphatic heterocycles. The summed E-state index contributed by atoms with van der Waals surface area (Å²) in [5.41, 5.74) is 5.69. The topological polar surface area (TPSA) is 55.1 Å². The van der Waals surface area contributed by atoms with Crippen molar-refractivity contribution in [2.45, 2.75) is 31.1 Å². The summed E-state index contributed by atoms with van der Waals surface area (Å²) >= 11 is -2.13. The molecule has 5 rings (SSSR count). The Morgan fingerprint density at radius 3 is 2.14 bits per heavy atom. The van der Waals surface area contributed by atoms with Gasteiger partial charge in [-0.15, -0.1) is 0 Å². The van der Waals surface area contributed by atoms with Crippen LogP contribution in [0.4, 0.5) is 0 Å². The van der Waals surface area contributed by atoms with Crippen molar-refractivity contribution in [1.82, 2.24) is 9.55 Å². The van der Waals surface area contributed by atoms with Crippen LogP contribution in [0.15, 0.2) is 96.9 Å². The van der Waals surface area contributed by atoms with Crippen molar-refractivity contribution in [2.75, 3.05) is 0 Å². The summed E-state index contributed by atoms with van der Waals surface area (Å²) in [5, 5.41) is 10.9. The molecular formula is C31H31GeIrN2O2-. The van der Waals surface area contributed by atoms with Gasteiger partial charge in [-0.3, -0.25) is 4.79 Å². The minimum absolute atomic E-state index is 0. The molecule has 0 aliphatic carbocycles. The summed E-state index contributed by atoms with van der Waals surface area (Å²) in [6.45, 7) is 2.85. The van der Waals surface area contributed by atoms with Gasteiger partial charge in [0.2, 0.25) is 0 Å². The minimum atomic E-state index is -2.13. The first-order chi connectivity index (χ1) is 17.2. The van der Waals surface area contributed by atoms with Crippen LogP contribution in [0.3, 0.4) is 0 Å². The van der Waals surface area contributed by atoms with Gasteiger partial charge in [0, 0.05) is 26.2 Å². The first kappa shape index (κ1) is 28.6. The average Bonchev–Trinajstić information content (AvgIpc) is 3.19. The zero-order chi connectivity index (χ0) is 25.9. The number of hydrogen-bond donors (Lipinski definition) is 1. The van der Waals surface area contributed by atoms with E-state index in [2.05, 4.69) is 94.6 Å². The Morgan fingerprint density at radius 1 is 0.892 bits per heavy atom. The van der Waals surface area contributed by atoms with E-state index in [0.717, 1.165) is 16.8 Å². The van der Waals surface area contributed by atoms with Crippen LogP contribution in [0.1, 0.15) is 13.8 Å². The molecule has 2 aromatic heterocycles. The Bertz CT molecular complexity index is 1550. The van der Waals surface area contributed by atoms with Crippen LogP contribution in [-0.4, -0.2) is 33.7 Å². The van der Waals surface area contributed by atoms with Gasteiger partial charge in [0.25, 0.3) is 0 Å². The van der Waals surface area contributed by atoms with Crippen LogP contribution in [0, 0.1) is 6.07 Å². The van der Waals surface area contributed by atoms with Crippen molar-refractivity contribution in [3.05, 3.63) is 103 Å². The van der Waals surface area contributed by atoms with Crippen LogP contribution in [0.5, 0.6) is 0 Å². The molecule has 4 nitrogen and oxygen atoms in total. The number of ketones is 1. The molecule has 0 saturated carbocycles. The largest absolute Gasteiger partial charge is 0 e. The molecule has 6 heteroatoms. The zero-order valence-electron chi connectivity index (χ0n) is 21.7. The molecule has 3 aromatic carbocycles. The van der Waals surface area contributed by atoms with Gasteiger partial charge in [-0.25, -0.2) is 0 Å². The van der Waals surface area contributed by atoms with Crippen LogP contribution >= 0.6 is 0 Å². The van der Waals surface area contributed by atoms with E-state index < -0.39 is 13.3 Å². The van der Waals surface area contributed by atoms with Crippen molar-refractivity contribution in [2.24, 2.45) is 0 Å². The van der Waals surface area contributed by atoms with Crippen molar-refractivity contribution in [1.29, 1.82) is 0 Å². The number of aromatic nitrogens is 2. The van der Waals surface area contributed by atoms with E-state index in [1.165, 1.54) is 46.3 Å². The Labute approximate surface area is 234 Å². The van der Waals surface area contributed by atoms with E-state index >= 15 is 0 Å². The number of allylic oxidation sites excluding steroid dienone is 2. The van der Waals surface area contributed by atoms with E-state index in [1.54, 1.807) is 0 Å². The number of carbonyl (C=O) groups is 1. The zero-order valence-corrected chi connectivity index (χ0v) is 26.2. The summed E-state index contributed by atoms with van der Waals surface area (Å²) in [4.78, 5) is 14.8. The second-order valence-corrected chi connectivity index (χ2v) is 20.4. The van der Waals surface area contributed by atoms with Crippen LogP contribution in [0.2, 0.25) is 17.3 Å². The molecule has 0 spiro atoms. The van der Waals surface area contributed by atoms with Crippen molar-refractivity contribution in [3.63, 3.8) is 0 Å². The van der Waals surface area contributed by atoms with Gasteiger partial charge in [0.15, 0.2) is 5.78 Å². The van der Waals surface area contributed by atoms with E-state index in [9.17, 15) is 4.79 Å². The maximum Gasteiger partial charge on any atom is 0 e. The number of rotatable bonds is 4. The second kappa shape index (κ2) is 12.0. The molecule has 5 aromatic rings. The molecule has 1 radical (unpaired) electrons. The summed E-state index contributed by atoms with van der Waals surface area (Å²) in [7, 11) is 0. The van der Waals surface area contributed by atoms with E-state index in [4.69, 9.17) is 10.1 Å². The molecule has 0 atom stereocenters. The number of aliphatic hydroxyl groups excluding tert-OH is 1. The Kier molecular flexibility index (Phi) is 9.30. The van der Waals surface area contributed by atoms with E-state index in [0.29, 0.717) is 0 Å². The maximum absolute atomic E-state index is 10.0. The number of fused-ring (bicyclic) bond motifs is 3. The van der Waals surface area contributed by atoms with Gasteiger partial charge >= 0.3 is 174 Å². The number of benzene rings is 3. The maximum atomic E-state index is 10.0. The standard InChI is InChI=1S/C26H23GeN2.C5H8O2.Ir/c1-27(2,3)23-16-10-15-21-22-17-18-28-24(19-11-6-4-7-12-19)26(22)29(25(21)23)20-13-8-5-9-14-20;1-4(6)3-5(2)7;/h4-11,13-18H,1-3H3;3,6H,1-2H3;/q-1;;/b;4-3-;. The van der Waals surface area contributed by atoms with Crippen LogP contribution in [0.25, 0.3) is 38.8 Å². The smallest absolute Gasteiger partial charge is 0 e. The molecule has 0 amide bonds. The summed E-state index contributed by atoms with van der Waals surface area (Å²) in [6.07, 6.45) is 3.10. The number of pyridine rings is 1. The second-order valence-electron chi connectivity index (χ2n) is 9.85. The SMILES string of the molecule is CC(=O)/C=C(/C)O.[CH3][Ge]([CH3])([CH3])[c]1cccc2c3ccnc(-c4[c-]cccc4)c3n(-c3ccccc3)c12.[Ir]. The fourth-order valence-electron chi connectivity index (χ4n) is 4.48. The molecule has 0 saturated heterocycles. The van der Waals surface area contributed by atoms with Gasteiger partial charge in [-0.2, -0.15) is 0 Å². The Hall–Kier alpha value is -2.99. The van der Waals surface area contributed by atoms with Gasteiger partial charge in [-0.1, -0.05) is 0 Å². The van der Waals surface area contributed by atoms with Crippen LogP contribution in [-0.2, 0) is 24.9 Å². The van der Waals surface area contributed by atoms with Crippen LogP contribution < -0.4 is 4.40 Å². The summed E-state index contributed by atoms with van der Waals surface area (Å²) in [5.74, 6) is 7.33. The minimum Gasteiger partial charge on any atom is 0 e. The predicted octanol–water partition coefficient (Wildman–Crippen LogP) is 7.23. The monoisotopic (exact) mass is 730 g/mol. The van der Waals surface area contributed by atoms with Gasteiger partial charge in [-0.05, 0) is 13.8 Å². The number of aliphatic hydroxyl groups is 1. The molecule has 0 bridgehead atoms. The van der Waals surface area contributed by atoms with Gasteiger partial charge in [0.05, 0.1) is 5.76 Å². The molecule has 191 valence electrons. The van der Waals surface area contributed by atoms with Crippen molar-refractivity contribution in [3.8, 4) is 16.9 Å². The van der Waals surface area contributed by atoms with Gasteiger partial charge in [0.1, 0.15) is 0 Å². The van der Waals surface area contributed by atoms with E-state index in [1.807, 2.05) is 18.3 Å². The third-order valence-electron chi connectivity index (χ3n) is 5.90. The Morgan fingerprint density at radius 2 is 1.57 bits per heavy atom. The first-order valence-electron chi connectivity index (χ1n) is 12.0. The molecule has 0 fully saturated rings.